The molecule has 21 heavy (non-hydrogen) atoms. The highest BCUT2D eigenvalue weighted by Gasteiger charge is 2.45. The Morgan fingerprint density at radius 3 is 2.71 bits per heavy atom. The maximum atomic E-state index is 12.3. The molecular weight excluding hydrogens is 270 g/mol. The summed E-state index contributed by atoms with van der Waals surface area (Å²) in [5.74, 6) is 0.0362. The molecule has 2 aliphatic rings. The monoisotopic (exact) mass is 291 g/mol. The first-order valence-corrected chi connectivity index (χ1v) is 7.42. The van der Waals surface area contributed by atoms with E-state index < -0.39 is 0 Å². The summed E-state index contributed by atoms with van der Waals surface area (Å²) in [6, 6.07) is 0. The fraction of sp³-hybridized carbons (Fsp3) is 0.667. The Hall–Kier alpha value is -1.85. The largest absolute Gasteiger partial charge is 0.465 e. The molecule has 1 amide bonds. The third kappa shape index (κ3) is 2.43. The zero-order valence-corrected chi connectivity index (χ0v) is 12.8. The van der Waals surface area contributed by atoms with Gasteiger partial charge in [0.1, 0.15) is 0 Å². The highest BCUT2D eigenvalue weighted by Crippen LogP contribution is 2.30. The minimum Gasteiger partial charge on any atom is -0.465 e. The van der Waals surface area contributed by atoms with Crippen molar-refractivity contribution in [1.82, 2.24) is 14.7 Å². The molecule has 0 aromatic carbocycles. The zero-order valence-electron chi connectivity index (χ0n) is 12.8. The summed E-state index contributed by atoms with van der Waals surface area (Å²) in [7, 11) is 0. The average Bonchev–Trinajstić information content (AvgIpc) is 3.09. The number of amides is 1. The second-order valence-corrected chi connectivity index (χ2v) is 6.06. The van der Waals surface area contributed by atoms with E-state index in [1.165, 1.54) is 5.56 Å². The van der Waals surface area contributed by atoms with Crippen LogP contribution in [0, 0.1) is 32.6 Å². The van der Waals surface area contributed by atoms with E-state index in [9.17, 15) is 9.59 Å². The van der Waals surface area contributed by atoms with E-state index in [1.807, 2.05) is 25.5 Å². The van der Waals surface area contributed by atoms with Crippen LogP contribution >= 0.6 is 0 Å². The maximum absolute atomic E-state index is 12.3. The summed E-state index contributed by atoms with van der Waals surface area (Å²) in [6.07, 6.45) is 0.426. The van der Waals surface area contributed by atoms with E-state index in [4.69, 9.17) is 4.74 Å². The van der Waals surface area contributed by atoms with Crippen LogP contribution in [0.4, 0.5) is 0 Å². The molecule has 0 unspecified atom stereocenters. The summed E-state index contributed by atoms with van der Waals surface area (Å²) >= 11 is 0. The lowest BCUT2D eigenvalue weighted by molar-refractivity contribution is -0.142. The molecule has 0 radical (unpaired) electrons. The number of carbonyl (C=O) groups is 2. The second-order valence-electron chi connectivity index (χ2n) is 6.06. The maximum Gasteiger partial charge on any atom is 0.311 e. The van der Waals surface area contributed by atoms with Crippen molar-refractivity contribution in [1.29, 1.82) is 0 Å². The van der Waals surface area contributed by atoms with E-state index >= 15 is 0 Å². The molecule has 2 aliphatic heterocycles. The lowest BCUT2D eigenvalue weighted by Gasteiger charge is -2.17. The molecule has 0 spiro atoms. The number of hydrogen-bond acceptors (Lipinski definition) is 4. The number of cyclic esters (lactones) is 1. The number of nitrogens with zero attached hydrogens (tertiary/aromatic N) is 3. The smallest absolute Gasteiger partial charge is 0.311 e. The first kappa shape index (κ1) is 14.1. The van der Waals surface area contributed by atoms with Crippen LogP contribution in [-0.2, 0) is 20.9 Å². The van der Waals surface area contributed by atoms with Gasteiger partial charge in [-0.15, -0.1) is 0 Å². The van der Waals surface area contributed by atoms with Crippen molar-refractivity contribution in [2.24, 2.45) is 11.8 Å². The molecule has 1 aromatic rings. The predicted octanol–water partition coefficient (Wildman–Crippen LogP) is 0.830. The van der Waals surface area contributed by atoms with Gasteiger partial charge in [0.15, 0.2) is 0 Å². The Balaban J connectivity index is 1.58. The van der Waals surface area contributed by atoms with Crippen LogP contribution in [0.1, 0.15) is 23.4 Å². The molecule has 0 saturated carbocycles. The lowest BCUT2D eigenvalue weighted by Crippen LogP contribution is -2.31. The van der Waals surface area contributed by atoms with Gasteiger partial charge in [0.25, 0.3) is 0 Å². The highest BCUT2D eigenvalue weighted by atomic mass is 16.5. The van der Waals surface area contributed by atoms with Gasteiger partial charge in [-0.25, -0.2) is 0 Å². The van der Waals surface area contributed by atoms with Gasteiger partial charge in [0, 0.05) is 37.7 Å². The van der Waals surface area contributed by atoms with E-state index in [0.29, 0.717) is 32.7 Å². The molecule has 3 rings (SSSR count). The van der Waals surface area contributed by atoms with Gasteiger partial charge in [0.2, 0.25) is 5.91 Å². The van der Waals surface area contributed by atoms with Crippen molar-refractivity contribution in [3.63, 3.8) is 0 Å². The van der Waals surface area contributed by atoms with E-state index in [0.717, 1.165) is 11.4 Å². The van der Waals surface area contributed by atoms with Gasteiger partial charge >= 0.3 is 5.97 Å². The van der Waals surface area contributed by atoms with Crippen molar-refractivity contribution in [2.75, 3.05) is 19.7 Å². The SMILES string of the molecule is Cc1nn(CCC(=O)N2C[C@@H]3COC(=O)[C@@H]3C2)c(C)c1C. The Morgan fingerprint density at radius 2 is 2.10 bits per heavy atom. The number of ether oxygens (including phenoxy) is 1. The summed E-state index contributed by atoms with van der Waals surface area (Å²) in [4.78, 5) is 25.6. The molecule has 0 aliphatic carbocycles. The van der Waals surface area contributed by atoms with Crippen molar-refractivity contribution >= 4 is 11.9 Å². The Labute approximate surface area is 124 Å². The molecule has 2 atom stereocenters. The summed E-state index contributed by atoms with van der Waals surface area (Å²) in [5, 5.41) is 4.45. The molecular formula is C15H21N3O3. The van der Waals surface area contributed by atoms with Crippen LogP contribution in [0.15, 0.2) is 0 Å². The Bertz CT molecular complexity index is 593. The quantitative estimate of drug-likeness (QED) is 0.774. The topological polar surface area (TPSA) is 64.4 Å². The molecule has 6 nitrogen and oxygen atoms in total. The number of hydrogen-bond donors (Lipinski definition) is 0. The molecule has 6 heteroatoms. The van der Waals surface area contributed by atoms with Crippen LogP contribution in [0.5, 0.6) is 0 Å². The van der Waals surface area contributed by atoms with Gasteiger partial charge in [0.05, 0.1) is 18.2 Å². The van der Waals surface area contributed by atoms with Crippen molar-refractivity contribution in [3.8, 4) is 0 Å². The lowest BCUT2D eigenvalue weighted by atomic mass is 10.0. The van der Waals surface area contributed by atoms with Crippen molar-refractivity contribution in [2.45, 2.75) is 33.7 Å². The van der Waals surface area contributed by atoms with Crippen LogP contribution in [0.2, 0.25) is 0 Å². The van der Waals surface area contributed by atoms with Crippen LogP contribution in [0.25, 0.3) is 0 Å². The van der Waals surface area contributed by atoms with Crippen LogP contribution < -0.4 is 0 Å². The Morgan fingerprint density at radius 1 is 1.33 bits per heavy atom. The molecule has 0 bridgehead atoms. The first-order chi connectivity index (χ1) is 9.97. The van der Waals surface area contributed by atoms with E-state index in [-0.39, 0.29) is 23.7 Å². The van der Waals surface area contributed by atoms with Crippen LogP contribution in [-0.4, -0.2) is 46.3 Å². The van der Waals surface area contributed by atoms with E-state index in [1.54, 1.807) is 4.90 Å². The van der Waals surface area contributed by atoms with Gasteiger partial charge in [-0.05, 0) is 26.3 Å². The summed E-state index contributed by atoms with van der Waals surface area (Å²) in [6.45, 7) is 8.26. The number of likely N-dealkylation sites (tertiary alicyclic amines) is 1. The Kier molecular flexibility index (Phi) is 3.47. The third-order valence-electron chi connectivity index (χ3n) is 4.82. The van der Waals surface area contributed by atoms with Crippen molar-refractivity contribution < 1.29 is 14.3 Å². The molecule has 114 valence electrons. The molecule has 3 heterocycles. The molecule has 2 fully saturated rings. The van der Waals surface area contributed by atoms with Crippen LogP contribution in [0.3, 0.4) is 0 Å². The van der Waals surface area contributed by atoms with Gasteiger partial charge in [-0.3, -0.25) is 14.3 Å². The number of fused-ring (bicyclic) bond motifs is 1. The molecule has 0 N–H and O–H groups in total. The zero-order chi connectivity index (χ0) is 15.1. The fourth-order valence-electron chi connectivity index (χ4n) is 3.17. The summed E-state index contributed by atoms with van der Waals surface area (Å²) < 4.78 is 6.91. The number of aryl methyl sites for hydroxylation is 2. The minimum absolute atomic E-state index is 0.0995. The predicted molar refractivity (Wildman–Crippen MR) is 75.6 cm³/mol. The summed E-state index contributed by atoms with van der Waals surface area (Å²) in [5.41, 5.74) is 3.31. The average molecular weight is 291 g/mol. The number of carbonyl (C=O) groups excluding carboxylic acids is 2. The first-order valence-electron chi connectivity index (χ1n) is 7.42. The fourth-order valence-corrected chi connectivity index (χ4v) is 3.17. The van der Waals surface area contributed by atoms with Gasteiger partial charge in [-0.2, -0.15) is 5.10 Å². The number of rotatable bonds is 3. The molecule has 2 saturated heterocycles. The highest BCUT2D eigenvalue weighted by molar-refractivity contribution is 5.80. The normalized spacial score (nSPS) is 24.3. The van der Waals surface area contributed by atoms with Crippen molar-refractivity contribution in [3.05, 3.63) is 17.0 Å². The van der Waals surface area contributed by atoms with Gasteiger partial charge in [-0.1, -0.05) is 0 Å². The number of esters is 1. The standard InChI is InChI=1S/C15H21N3O3/c1-9-10(2)16-18(11(9)3)5-4-14(19)17-6-12-8-21-15(20)13(12)7-17/h12-13H,4-8H2,1-3H3/t12-,13-/m1/s1. The minimum atomic E-state index is -0.149. The number of aromatic nitrogens is 2. The van der Waals surface area contributed by atoms with Gasteiger partial charge < -0.3 is 9.64 Å². The second kappa shape index (κ2) is 5.16. The third-order valence-corrected chi connectivity index (χ3v) is 4.82. The van der Waals surface area contributed by atoms with E-state index in [2.05, 4.69) is 5.10 Å². The molecule has 1 aromatic heterocycles.